The second kappa shape index (κ2) is 15.8. The maximum Gasteiger partial charge on any atom is 0.326 e. The number of hydrogen-bond acceptors (Lipinski definition) is 9. The van der Waals surface area contributed by atoms with Gasteiger partial charge in [0.25, 0.3) is 0 Å². The lowest BCUT2D eigenvalue weighted by Gasteiger charge is -2.30. The van der Waals surface area contributed by atoms with Crippen molar-refractivity contribution < 1.29 is 48.9 Å². The molecule has 0 unspecified atom stereocenters. The molecule has 1 saturated heterocycles. The summed E-state index contributed by atoms with van der Waals surface area (Å²) in [6, 6.07) is -6.34. The number of nitrogens with two attached hydrogens (primary N) is 1. The Bertz CT molecular complexity index is 915. The molecule has 0 aromatic rings. The third-order valence-electron chi connectivity index (χ3n) is 5.75. The number of nitrogens with one attached hydrogen (secondary N) is 3. The number of aliphatic carboxylic acids is 3. The predicted octanol–water partition coefficient (Wildman–Crippen LogP) is -2.04. The van der Waals surface area contributed by atoms with Crippen LogP contribution in [-0.2, 0) is 33.6 Å². The highest BCUT2D eigenvalue weighted by Gasteiger charge is 2.40. The van der Waals surface area contributed by atoms with E-state index in [1.165, 1.54) is 18.7 Å². The molecule has 0 bridgehead atoms. The van der Waals surface area contributed by atoms with Gasteiger partial charge in [0.05, 0.1) is 12.5 Å². The summed E-state index contributed by atoms with van der Waals surface area (Å²) < 4.78 is 0. The predicted molar refractivity (Wildman–Crippen MR) is 134 cm³/mol. The van der Waals surface area contributed by atoms with Gasteiger partial charge in [0.1, 0.15) is 24.2 Å². The molecule has 1 aliphatic rings. The number of rotatable bonds is 16. The zero-order valence-corrected chi connectivity index (χ0v) is 22.0. The summed E-state index contributed by atoms with van der Waals surface area (Å²) in [7, 11) is 0. The van der Waals surface area contributed by atoms with E-state index in [4.69, 9.17) is 10.8 Å². The number of amides is 4. The van der Waals surface area contributed by atoms with Crippen LogP contribution in [0.4, 0.5) is 0 Å². The highest BCUT2D eigenvalue weighted by atomic mass is 32.2. The normalized spacial score (nSPS) is 18.0. The SMILES string of the molecule is CSCC[C@H](NC(=O)[C@@H]1CCCN1C(=O)[C@H](CC(=O)O)NC(=O)[C@H](CCC(=O)O)NC(=O)[C@H](C)N)C(=O)O. The lowest BCUT2D eigenvalue weighted by molar-refractivity contribution is -0.147. The van der Waals surface area contributed by atoms with Crippen molar-refractivity contribution in [3.63, 3.8) is 0 Å². The van der Waals surface area contributed by atoms with Gasteiger partial charge in [0.15, 0.2) is 0 Å². The van der Waals surface area contributed by atoms with Crippen molar-refractivity contribution in [2.45, 2.75) is 75.7 Å². The first-order chi connectivity index (χ1) is 17.8. The Morgan fingerprint density at radius 1 is 0.921 bits per heavy atom. The fraction of sp³-hybridized carbons (Fsp3) is 0.682. The monoisotopic (exact) mass is 561 g/mol. The van der Waals surface area contributed by atoms with Gasteiger partial charge in [-0.3, -0.25) is 28.8 Å². The molecule has 0 radical (unpaired) electrons. The standard InChI is InChI=1S/C22H35N5O10S/c1-11(23)18(32)24-12(5-6-16(28)29)19(33)26-14(10-17(30)31)21(35)27-8-3-4-15(27)20(34)25-13(22(36)37)7-9-38-2/h11-15H,3-10,23H2,1-2H3,(H,24,32)(H,25,34)(H,26,33)(H,28,29)(H,30,31)(H,36,37)/t11-,12-,13-,14-,15-/m0/s1. The summed E-state index contributed by atoms with van der Waals surface area (Å²) in [5, 5.41) is 34.6. The smallest absolute Gasteiger partial charge is 0.326 e. The molecule has 1 rings (SSSR count). The Morgan fingerprint density at radius 2 is 1.55 bits per heavy atom. The molecule has 38 heavy (non-hydrogen) atoms. The van der Waals surface area contributed by atoms with E-state index >= 15 is 0 Å². The molecule has 4 amide bonds. The van der Waals surface area contributed by atoms with E-state index in [1.54, 1.807) is 6.26 Å². The fourth-order valence-electron chi connectivity index (χ4n) is 3.75. The largest absolute Gasteiger partial charge is 0.481 e. The molecule has 1 fully saturated rings. The second-order valence-electron chi connectivity index (χ2n) is 8.81. The van der Waals surface area contributed by atoms with Crippen molar-refractivity contribution in [3.8, 4) is 0 Å². The van der Waals surface area contributed by atoms with Gasteiger partial charge in [0, 0.05) is 13.0 Å². The van der Waals surface area contributed by atoms with E-state index in [9.17, 15) is 43.8 Å². The molecule has 0 aromatic carbocycles. The molecule has 16 heteroatoms. The number of hydrogen-bond donors (Lipinski definition) is 7. The molecule has 5 atom stereocenters. The van der Waals surface area contributed by atoms with Gasteiger partial charge in [-0.05, 0) is 44.6 Å². The molecule has 0 aliphatic carbocycles. The Hall–Kier alpha value is -3.40. The number of thioether (sulfide) groups is 1. The van der Waals surface area contributed by atoms with Crippen molar-refractivity contribution >= 4 is 53.3 Å². The minimum absolute atomic E-state index is 0.0648. The van der Waals surface area contributed by atoms with Crippen LogP contribution < -0.4 is 21.7 Å². The lowest BCUT2D eigenvalue weighted by Crippen LogP contribution is -2.58. The highest BCUT2D eigenvalue weighted by Crippen LogP contribution is 2.20. The molecule has 0 saturated carbocycles. The first kappa shape index (κ1) is 32.6. The summed E-state index contributed by atoms with van der Waals surface area (Å²) in [4.78, 5) is 86.1. The van der Waals surface area contributed by atoms with Crippen LogP contribution in [-0.4, -0.2) is 111 Å². The number of likely N-dealkylation sites (tertiary alicyclic amines) is 1. The van der Waals surface area contributed by atoms with Crippen LogP contribution >= 0.6 is 11.8 Å². The number of carbonyl (C=O) groups excluding carboxylic acids is 4. The topological polar surface area (TPSA) is 246 Å². The number of carbonyl (C=O) groups is 7. The average molecular weight is 562 g/mol. The summed E-state index contributed by atoms with van der Waals surface area (Å²) in [5.41, 5.74) is 5.49. The quantitative estimate of drug-likeness (QED) is 0.108. The van der Waals surface area contributed by atoms with E-state index in [2.05, 4.69) is 16.0 Å². The number of nitrogens with zero attached hydrogens (tertiary/aromatic N) is 1. The third-order valence-corrected chi connectivity index (χ3v) is 6.39. The fourth-order valence-corrected chi connectivity index (χ4v) is 4.22. The van der Waals surface area contributed by atoms with Crippen molar-refractivity contribution in [2.24, 2.45) is 5.73 Å². The van der Waals surface area contributed by atoms with Gasteiger partial charge >= 0.3 is 17.9 Å². The van der Waals surface area contributed by atoms with Crippen molar-refractivity contribution in [1.29, 1.82) is 0 Å². The molecule has 0 aromatic heterocycles. The van der Waals surface area contributed by atoms with Crippen LogP contribution in [0, 0.1) is 0 Å². The summed E-state index contributed by atoms with van der Waals surface area (Å²) in [6.45, 7) is 1.40. The minimum atomic E-state index is -1.64. The van der Waals surface area contributed by atoms with Crippen LogP contribution in [0.1, 0.15) is 45.4 Å². The van der Waals surface area contributed by atoms with Crippen LogP contribution in [0.3, 0.4) is 0 Å². The molecular formula is C22H35N5O10S. The van der Waals surface area contributed by atoms with E-state index in [0.717, 1.165) is 4.90 Å². The van der Waals surface area contributed by atoms with Gasteiger partial charge < -0.3 is 41.9 Å². The van der Waals surface area contributed by atoms with Crippen LogP contribution in [0.5, 0.6) is 0 Å². The van der Waals surface area contributed by atoms with Gasteiger partial charge in [-0.1, -0.05) is 0 Å². The molecular weight excluding hydrogens is 526 g/mol. The Kier molecular flexibility index (Phi) is 13.5. The third kappa shape index (κ3) is 10.5. The Balaban J connectivity index is 3.08. The highest BCUT2D eigenvalue weighted by molar-refractivity contribution is 7.98. The van der Waals surface area contributed by atoms with E-state index in [-0.39, 0.29) is 25.8 Å². The molecule has 214 valence electrons. The van der Waals surface area contributed by atoms with Gasteiger partial charge in [-0.25, -0.2) is 4.79 Å². The molecule has 1 aliphatic heterocycles. The van der Waals surface area contributed by atoms with Crippen molar-refractivity contribution in [2.75, 3.05) is 18.6 Å². The minimum Gasteiger partial charge on any atom is -0.481 e. The van der Waals surface area contributed by atoms with Gasteiger partial charge in [-0.15, -0.1) is 0 Å². The van der Waals surface area contributed by atoms with E-state index in [1.807, 2.05) is 0 Å². The van der Waals surface area contributed by atoms with Crippen molar-refractivity contribution in [1.82, 2.24) is 20.9 Å². The summed E-state index contributed by atoms with van der Waals surface area (Å²) in [5.74, 6) is -6.81. The maximum atomic E-state index is 13.3. The zero-order valence-electron chi connectivity index (χ0n) is 21.2. The van der Waals surface area contributed by atoms with Crippen molar-refractivity contribution in [3.05, 3.63) is 0 Å². The number of carboxylic acids is 3. The summed E-state index contributed by atoms with van der Waals surface area (Å²) in [6.07, 6.45) is 0.805. The van der Waals surface area contributed by atoms with Crippen LogP contribution in [0.2, 0.25) is 0 Å². The maximum absolute atomic E-state index is 13.3. The number of carboxylic acid groups (broad SMARTS) is 3. The molecule has 8 N–H and O–H groups in total. The first-order valence-electron chi connectivity index (χ1n) is 11.9. The molecule has 0 spiro atoms. The molecule has 1 heterocycles. The molecule has 15 nitrogen and oxygen atoms in total. The van der Waals surface area contributed by atoms with Gasteiger partial charge in [0.2, 0.25) is 23.6 Å². The summed E-state index contributed by atoms with van der Waals surface area (Å²) >= 11 is 1.40. The Morgan fingerprint density at radius 3 is 2.08 bits per heavy atom. The van der Waals surface area contributed by atoms with E-state index < -0.39 is 84.6 Å². The van der Waals surface area contributed by atoms with Crippen LogP contribution in [0.25, 0.3) is 0 Å². The zero-order chi connectivity index (χ0) is 29.0. The van der Waals surface area contributed by atoms with Gasteiger partial charge in [-0.2, -0.15) is 11.8 Å². The van der Waals surface area contributed by atoms with Crippen LogP contribution in [0.15, 0.2) is 0 Å². The first-order valence-corrected chi connectivity index (χ1v) is 13.3. The second-order valence-corrected chi connectivity index (χ2v) is 9.80. The Labute approximate surface area is 223 Å². The average Bonchev–Trinajstić information content (AvgIpc) is 3.32. The lowest BCUT2D eigenvalue weighted by atomic mass is 10.1. The van der Waals surface area contributed by atoms with E-state index in [0.29, 0.717) is 12.2 Å².